The van der Waals surface area contributed by atoms with Crippen LogP contribution in [0, 0.1) is 11.8 Å². The summed E-state index contributed by atoms with van der Waals surface area (Å²) in [6.45, 7) is 4.85. The third kappa shape index (κ3) is 5.08. The average molecular weight is 465 g/mol. The quantitative estimate of drug-likeness (QED) is 0.638. The highest BCUT2D eigenvalue weighted by Crippen LogP contribution is 2.44. The van der Waals surface area contributed by atoms with Crippen LogP contribution in [0.4, 0.5) is 4.79 Å². The molecule has 180 valence electrons. The van der Waals surface area contributed by atoms with Gasteiger partial charge < -0.3 is 20.1 Å². The van der Waals surface area contributed by atoms with Crippen molar-refractivity contribution in [1.82, 2.24) is 10.2 Å². The maximum Gasteiger partial charge on any atom is 0.407 e. The van der Waals surface area contributed by atoms with Crippen molar-refractivity contribution in [1.29, 1.82) is 0 Å². The van der Waals surface area contributed by atoms with Gasteiger partial charge >= 0.3 is 12.1 Å². The third-order valence-corrected chi connectivity index (χ3v) is 6.94. The molecule has 2 aliphatic rings. The number of nitrogens with one attached hydrogen (secondary N) is 1. The highest BCUT2D eigenvalue weighted by atomic mass is 16.5. The van der Waals surface area contributed by atoms with E-state index in [1.807, 2.05) is 38.1 Å². The highest BCUT2D eigenvalue weighted by molar-refractivity contribution is 5.80. The van der Waals surface area contributed by atoms with Gasteiger partial charge in [0.2, 0.25) is 5.91 Å². The molecule has 2 aromatic rings. The number of alkyl carbamates (subject to hydrolysis) is 1. The number of fused-ring (bicyclic) bond motifs is 3. The van der Waals surface area contributed by atoms with Crippen LogP contribution in [-0.4, -0.2) is 53.7 Å². The molecule has 7 nitrogen and oxygen atoms in total. The van der Waals surface area contributed by atoms with Crippen molar-refractivity contribution in [2.75, 3.05) is 19.7 Å². The van der Waals surface area contributed by atoms with Gasteiger partial charge in [-0.1, -0.05) is 62.4 Å². The summed E-state index contributed by atoms with van der Waals surface area (Å²) in [5.74, 6) is -1.43. The van der Waals surface area contributed by atoms with Gasteiger partial charge in [-0.15, -0.1) is 0 Å². The first-order chi connectivity index (χ1) is 16.4. The summed E-state index contributed by atoms with van der Waals surface area (Å²) < 4.78 is 5.61. The molecular weight excluding hydrogens is 432 g/mol. The number of hydrogen-bond donors (Lipinski definition) is 2. The average Bonchev–Trinajstić information content (AvgIpc) is 3.15. The molecule has 2 aromatic carbocycles. The molecule has 0 bridgehead atoms. The Morgan fingerprint density at radius 2 is 1.68 bits per heavy atom. The monoisotopic (exact) mass is 464 g/mol. The van der Waals surface area contributed by atoms with Gasteiger partial charge in [-0.3, -0.25) is 9.59 Å². The van der Waals surface area contributed by atoms with Gasteiger partial charge in [-0.05, 0) is 41.0 Å². The molecule has 4 rings (SSSR count). The maximum atomic E-state index is 12.8. The molecule has 1 saturated heterocycles. The SMILES string of the molecule is CC[C@@H](CC(=O)N1CC(C)CC(C(=O)O)C1)NC(=O)OCC1c2ccccc2-c2ccccc21. The van der Waals surface area contributed by atoms with E-state index < -0.39 is 18.0 Å². The van der Waals surface area contributed by atoms with E-state index in [4.69, 9.17) is 4.74 Å². The largest absolute Gasteiger partial charge is 0.481 e. The van der Waals surface area contributed by atoms with Gasteiger partial charge in [-0.25, -0.2) is 4.79 Å². The van der Waals surface area contributed by atoms with E-state index in [1.54, 1.807) is 4.90 Å². The number of amides is 2. The van der Waals surface area contributed by atoms with Crippen molar-refractivity contribution in [3.63, 3.8) is 0 Å². The molecule has 0 spiro atoms. The normalized spacial score (nSPS) is 20.2. The Kier molecular flexibility index (Phi) is 7.20. The number of benzene rings is 2. The molecule has 2 amide bonds. The van der Waals surface area contributed by atoms with Crippen molar-refractivity contribution in [3.05, 3.63) is 59.7 Å². The Bertz CT molecular complexity index is 1020. The molecule has 0 aromatic heterocycles. The zero-order valence-corrected chi connectivity index (χ0v) is 19.7. The summed E-state index contributed by atoms with van der Waals surface area (Å²) in [7, 11) is 0. The van der Waals surface area contributed by atoms with Gasteiger partial charge in [-0.2, -0.15) is 0 Å². The fraction of sp³-hybridized carbons (Fsp3) is 0.444. The van der Waals surface area contributed by atoms with Gasteiger partial charge in [0, 0.05) is 31.5 Å². The second-order valence-electron chi connectivity index (χ2n) is 9.45. The molecule has 1 aliphatic carbocycles. The molecule has 0 saturated carbocycles. The first-order valence-corrected chi connectivity index (χ1v) is 12.0. The number of carboxylic acids is 1. The van der Waals surface area contributed by atoms with Crippen molar-refractivity contribution >= 4 is 18.0 Å². The van der Waals surface area contributed by atoms with E-state index in [1.165, 1.54) is 11.1 Å². The van der Waals surface area contributed by atoms with E-state index in [2.05, 4.69) is 29.6 Å². The maximum absolute atomic E-state index is 12.8. The summed E-state index contributed by atoms with van der Waals surface area (Å²) in [6, 6.07) is 15.9. The van der Waals surface area contributed by atoms with Crippen LogP contribution in [0.2, 0.25) is 0 Å². The summed E-state index contributed by atoms with van der Waals surface area (Å²) in [6.07, 6.45) is 0.729. The van der Waals surface area contributed by atoms with Crippen molar-refractivity contribution in [2.24, 2.45) is 11.8 Å². The number of hydrogen-bond acceptors (Lipinski definition) is 4. The van der Waals surface area contributed by atoms with Crippen LogP contribution in [0.25, 0.3) is 11.1 Å². The molecule has 2 N–H and O–H groups in total. The Morgan fingerprint density at radius 3 is 2.26 bits per heavy atom. The zero-order chi connectivity index (χ0) is 24.2. The van der Waals surface area contributed by atoms with Crippen LogP contribution in [-0.2, 0) is 14.3 Å². The summed E-state index contributed by atoms with van der Waals surface area (Å²) in [5, 5.41) is 12.2. The fourth-order valence-corrected chi connectivity index (χ4v) is 5.18. The van der Waals surface area contributed by atoms with Crippen molar-refractivity contribution in [3.8, 4) is 11.1 Å². The first-order valence-electron chi connectivity index (χ1n) is 12.0. The first kappa shape index (κ1) is 23.8. The lowest BCUT2D eigenvalue weighted by Crippen LogP contribution is -2.47. The van der Waals surface area contributed by atoms with Crippen LogP contribution in [0.15, 0.2) is 48.5 Å². The van der Waals surface area contributed by atoms with E-state index in [-0.39, 0.29) is 43.4 Å². The minimum atomic E-state index is -0.867. The number of carbonyl (C=O) groups excluding carboxylic acids is 2. The smallest absolute Gasteiger partial charge is 0.407 e. The molecule has 1 aliphatic heterocycles. The standard InChI is InChI=1S/C27H32N2O5/c1-3-19(13-25(30)29-14-17(2)12-18(15-29)26(31)32)28-27(33)34-16-24-22-10-6-4-8-20(22)21-9-5-7-11-23(21)24/h4-11,17-19,24H,3,12-16H2,1-2H3,(H,28,33)(H,31,32)/t17?,18?,19-/m0/s1. The van der Waals surface area contributed by atoms with E-state index in [9.17, 15) is 19.5 Å². The molecule has 3 atom stereocenters. The number of aliphatic carboxylic acids is 1. The topological polar surface area (TPSA) is 95.9 Å². The predicted octanol–water partition coefficient (Wildman–Crippen LogP) is 4.26. The van der Waals surface area contributed by atoms with Crippen LogP contribution in [0.1, 0.15) is 50.2 Å². The van der Waals surface area contributed by atoms with E-state index >= 15 is 0 Å². The number of nitrogens with zero attached hydrogens (tertiary/aromatic N) is 1. The van der Waals surface area contributed by atoms with Crippen molar-refractivity contribution < 1.29 is 24.2 Å². The minimum absolute atomic E-state index is 0.0253. The lowest BCUT2D eigenvalue weighted by atomic mass is 9.90. The van der Waals surface area contributed by atoms with Crippen LogP contribution in [0.5, 0.6) is 0 Å². The summed E-state index contributed by atoms with van der Waals surface area (Å²) in [5.41, 5.74) is 4.62. The molecule has 7 heteroatoms. The predicted molar refractivity (Wildman–Crippen MR) is 128 cm³/mol. The highest BCUT2D eigenvalue weighted by Gasteiger charge is 2.33. The van der Waals surface area contributed by atoms with Crippen LogP contribution in [0.3, 0.4) is 0 Å². The molecule has 2 unspecified atom stereocenters. The van der Waals surface area contributed by atoms with E-state index in [0.717, 1.165) is 11.1 Å². The molecule has 34 heavy (non-hydrogen) atoms. The molecule has 1 fully saturated rings. The third-order valence-electron chi connectivity index (χ3n) is 6.94. The number of carbonyl (C=O) groups is 3. The number of rotatable bonds is 7. The minimum Gasteiger partial charge on any atom is -0.481 e. The number of piperidine rings is 1. The number of ether oxygens (including phenoxy) is 1. The van der Waals surface area contributed by atoms with E-state index in [0.29, 0.717) is 19.4 Å². The van der Waals surface area contributed by atoms with Crippen LogP contribution < -0.4 is 5.32 Å². The molecule has 1 heterocycles. The molecule has 0 radical (unpaired) electrons. The Labute approximate surface area is 200 Å². The number of likely N-dealkylation sites (tertiary alicyclic amines) is 1. The second kappa shape index (κ2) is 10.3. The van der Waals surface area contributed by atoms with Gasteiger partial charge in [0.1, 0.15) is 6.61 Å². The Morgan fingerprint density at radius 1 is 1.06 bits per heavy atom. The van der Waals surface area contributed by atoms with Gasteiger partial charge in [0.25, 0.3) is 0 Å². The Hall–Kier alpha value is -3.35. The lowest BCUT2D eigenvalue weighted by molar-refractivity contribution is -0.147. The fourth-order valence-electron chi connectivity index (χ4n) is 5.18. The summed E-state index contributed by atoms with van der Waals surface area (Å²) >= 11 is 0. The van der Waals surface area contributed by atoms with Crippen LogP contribution >= 0.6 is 0 Å². The zero-order valence-electron chi connectivity index (χ0n) is 19.7. The molecular formula is C27H32N2O5. The number of carboxylic acid groups (broad SMARTS) is 1. The summed E-state index contributed by atoms with van der Waals surface area (Å²) in [4.78, 5) is 38.5. The van der Waals surface area contributed by atoms with Gasteiger partial charge in [0.15, 0.2) is 0 Å². The second-order valence-corrected chi connectivity index (χ2v) is 9.45. The van der Waals surface area contributed by atoms with Gasteiger partial charge in [0.05, 0.1) is 5.92 Å². The Balaban J connectivity index is 1.33. The lowest BCUT2D eigenvalue weighted by Gasteiger charge is -2.35. The van der Waals surface area contributed by atoms with Crippen molar-refractivity contribution in [2.45, 2.75) is 45.1 Å².